The molecule has 2 heteroatoms. The maximum Gasteiger partial charge on any atom is 0.0546 e. The van der Waals surface area contributed by atoms with Gasteiger partial charge in [0.15, 0.2) is 0 Å². The number of aromatic nitrogens is 1. The van der Waals surface area contributed by atoms with Crippen molar-refractivity contribution in [3.8, 4) is 0 Å². The van der Waals surface area contributed by atoms with Gasteiger partial charge in [0.25, 0.3) is 0 Å². The number of rotatable bonds is 3. The molecule has 2 nitrogen and oxygen atoms in total. The Bertz CT molecular complexity index is 305. The van der Waals surface area contributed by atoms with Gasteiger partial charge in [-0.2, -0.15) is 0 Å². The Morgan fingerprint density at radius 3 is 2.77 bits per heavy atom. The summed E-state index contributed by atoms with van der Waals surface area (Å²) >= 11 is 0. The number of hydrogen-bond donors (Lipinski definition) is 1. The lowest BCUT2D eigenvalue weighted by atomic mass is 9.99. The first-order chi connectivity index (χ1) is 6.16. The molecule has 1 unspecified atom stereocenters. The highest BCUT2D eigenvalue weighted by Crippen LogP contribution is 2.21. The zero-order valence-corrected chi connectivity index (χ0v) is 8.46. The van der Waals surface area contributed by atoms with Crippen LogP contribution in [0.3, 0.4) is 0 Å². The molecule has 1 N–H and O–H groups in total. The predicted molar refractivity (Wildman–Crippen MR) is 55.6 cm³/mol. The second-order valence-corrected chi connectivity index (χ2v) is 3.30. The second-order valence-electron chi connectivity index (χ2n) is 3.30. The molecule has 0 bridgehead atoms. The molecule has 0 aliphatic rings. The third-order valence-corrected chi connectivity index (χ3v) is 2.17. The van der Waals surface area contributed by atoms with Crippen molar-refractivity contribution in [1.82, 2.24) is 10.3 Å². The van der Waals surface area contributed by atoms with Crippen LogP contribution in [0.15, 0.2) is 30.6 Å². The van der Waals surface area contributed by atoms with E-state index in [1.54, 1.807) is 0 Å². The van der Waals surface area contributed by atoms with Crippen LogP contribution in [0.25, 0.3) is 0 Å². The van der Waals surface area contributed by atoms with Crippen LogP contribution < -0.4 is 5.32 Å². The van der Waals surface area contributed by atoms with E-state index < -0.39 is 0 Å². The second kappa shape index (κ2) is 4.19. The van der Waals surface area contributed by atoms with E-state index in [0.29, 0.717) is 0 Å². The number of hydrogen-bond acceptors (Lipinski definition) is 2. The smallest absolute Gasteiger partial charge is 0.0546 e. The molecule has 0 amide bonds. The summed E-state index contributed by atoms with van der Waals surface area (Å²) in [5, 5.41) is 3.22. The summed E-state index contributed by atoms with van der Waals surface area (Å²) in [6.07, 6.45) is 3.70. The van der Waals surface area contributed by atoms with Gasteiger partial charge >= 0.3 is 0 Å². The van der Waals surface area contributed by atoms with Gasteiger partial charge in [0.05, 0.1) is 6.04 Å². The number of nitrogens with one attached hydrogen (secondary N) is 1. The topological polar surface area (TPSA) is 24.9 Å². The normalized spacial score (nSPS) is 12.5. The molecule has 0 radical (unpaired) electrons. The molecule has 0 aliphatic carbocycles. The first-order valence-corrected chi connectivity index (χ1v) is 4.40. The Balaban J connectivity index is 3.04. The fraction of sp³-hybridized carbons (Fsp3) is 0.364. The van der Waals surface area contributed by atoms with Crippen LogP contribution in [0, 0.1) is 6.92 Å². The average Bonchev–Trinajstić information content (AvgIpc) is 2.09. The Labute approximate surface area is 79.7 Å². The predicted octanol–water partition coefficient (Wildman–Crippen LogP) is 2.23. The van der Waals surface area contributed by atoms with E-state index in [4.69, 9.17) is 0 Å². The van der Waals surface area contributed by atoms with Gasteiger partial charge in [-0.25, -0.2) is 0 Å². The van der Waals surface area contributed by atoms with Crippen molar-refractivity contribution in [2.45, 2.75) is 19.9 Å². The van der Waals surface area contributed by atoms with E-state index in [0.717, 1.165) is 5.57 Å². The molecule has 1 aromatic heterocycles. The fourth-order valence-corrected chi connectivity index (χ4v) is 1.45. The summed E-state index contributed by atoms with van der Waals surface area (Å²) < 4.78 is 0. The highest BCUT2D eigenvalue weighted by Gasteiger charge is 2.11. The van der Waals surface area contributed by atoms with Crippen LogP contribution in [0.1, 0.15) is 24.1 Å². The number of likely N-dealkylation sites (N-methyl/N-ethyl adjacent to an activating group) is 1. The molecule has 1 rings (SSSR count). The molecule has 1 heterocycles. The van der Waals surface area contributed by atoms with Gasteiger partial charge in [-0.1, -0.05) is 12.2 Å². The standard InChI is InChI=1S/C11H16N2/c1-8(2)11(12-4)10-7-13-6-5-9(10)3/h5-7,11-12H,1H2,2-4H3. The van der Waals surface area contributed by atoms with E-state index in [9.17, 15) is 0 Å². The third-order valence-electron chi connectivity index (χ3n) is 2.17. The minimum atomic E-state index is 0.216. The molecule has 0 aliphatic heterocycles. The SMILES string of the molecule is C=C(C)C(NC)c1cnccc1C. The summed E-state index contributed by atoms with van der Waals surface area (Å²) in [7, 11) is 1.94. The van der Waals surface area contributed by atoms with Gasteiger partial charge in [0.2, 0.25) is 0 Å². The molecule has 0 aromatic carbocycles. The molecule has 0 spiro atoms. The molecule has 70 valence electrons. The van der Waals surface area contributed by atoms with Gasteiger partial charge in [-0.05, 0) is 38.1 Å². The lowest BCUT2D eigenvalue weighted by Crippen LogP contribution is -2.18. The van der Waals surface area contributed by atoms with Crippen molar-refractivity contribution in [3.63, 3.8) is 0 Å². The van der Waals surface area contributed by atoms with E-state index in [1.165, 1.54) is 11.1 Å². The van der Waals surface area contributed by atoms with Gasteiger partial charge in [0, 0.05) is 12.4 Å². The number of aryl methyl sites for hydroxylation is 1. The fourth-order valence-electron chi connectivity index (χ4n) is 1.45. The Hall–Kier alpha value is -1.15. The van der Waals surface area contributed by atoms with Crippen LogP contribution in [0.5, 0.6) is 0 Å². The van der Waals surface area contributed by atoms with Crippen molar-refractivity contribution in [2.75, 3.05) is 7.05 Å². The lowest BCUT2D eigenvalue weighted by Gasteiger charge is -2.18. The van der Waals surface area contributed by atoms with E-state index in [2.05, 4.69) is 23.8 Å². The first-order valence-electron chi connectivity index (χ1n) is 4.40. The molecule has 1 aromatic rings. The summed E-state index contributed by atoms with van der Waals surface area (Å²) in [5.74, 6) is 0. The summed E-state index contributed by atoms with van der Waals surface area (Å²) in [5.41, 5.74) is 3.56. The monoisotopic (exact) mass is 176 g/mol. The maximum atomic E-state index is 4.12. The van der Waals surface area contributed by atoms with Crippen molar-refractivity contribution >= 4 is 0 Å². The van der Waals surface area contributed by atoms with E-state index in [-0.39, 0.29) is 6.04 Å². The van der Waals surface area contributed by atoms with Crippen molar-refractivity contribution in [3.05, 3.63) is 41.7 Å². The highest BCUT2D eigenvalue weighted by molar-refractivity contribution is 5.30. The van der Waals surface area contributed by atoms with Gasteiger partial charge < -0.3 is 5.32 Å². The Morgan fingerprint density at radius 1 is 1.62 bits per heavy atom. The minimum Gasteiger partial charge on any atom is -0.310 e. The summed E-state index contributed by atoms with van der Waals surface area (Å²) in [6.45, 7) is 8.06. The summed E-state index contributed by atoms with van der Waals surface area (Å²) in [6, 6.07) is 2.23. The van der Waals surface area contributed by atoms with Crippen molar-refractivity contribution < 1.29 is 0 Å². The van der Waals surface area contributed by atoms with Crippen LogP contribution >= 0.6 is 0 Å². The number of pyridine rings is 1. The van der Waals surface area contributed by atoms with Gasteiger partial charge in [-0.3, -0.25) is 4.98 Å². The average molecular weight is 176 g/mol. The Morgan fingerprint density at radius 2 is 2.31 bits per heavy atom. The molecule has 0 saturated heterocycles. The summed E-state index contributed by atoms with van der Waals surface area (Å²) in [4.78, 5) is 4.12. The maximum absolute atomic E-state index is 4.12. The quantitative estimate of drug-likeness (QED) is 0.714. The molecule has 1 atom stereocenters. The van der Waals surface area contributed by atoms with Crippen molar-refractivity contribution in [1.29, 1.82) is 0 Å². The van der Waals surface area contributed by atoms with E-state index in [1.807, 2.05) is 32.4 Å². The number of nitrogens with zero attached hydrogens (tertiary/aromatic N) is 1. The molecular weight excluding hydrogens is 160 g/mol. The van der Waals surface area contributed by atoms with Crippen LogP contribution in [-0.4, -0.2) is 12.0 Å². The Kier molecular flexibility index (Phi) is 3.20. The minimum absolute atomic E-state index is 0.216. The van der Waals surface area contributed by atoms with Gasteiger partial charge in [0.1, 0.15) is 0 Å². The van der Waals surface area contributed by atoms with Crippen LogP contribution in [0.2, 0.25) is 0 Å². The third kappa shape index (κ3) is 2.16. The molecule has 0 saturated carbocycles. The first kappa shape index (κ1) is 9.93. The highest BCUT2D eigenvalue weighted by atomic mass is 14.9. The molecular formula is C11H16N2. The van der Waals surface area contributed by atoms with E-state index >= 15 is 0 Å². The lowest BCUT2D eigenvalue weighted by molar-refractivity contribution is 0.672. The largest absolute Gasteiger partial charge is 0.310 e. The molecule has 0 fully saturated rings. The van der Waals surface area contributed by atoms with Crippen LogP contribution in [-0.2, 0) is 0 Å². The van der Waals surface area contributed by atoms with Crippen molar-refractivity contribution in [2.24, 2.45) is 0 Å². The zero-order chi connectivity index (χ0) is 9.84. The zero-order valence-electron chi connectivity index (χ0n) is 8.46. The van der Waals surface area contributed by atoms with Crippen LogP contribution in [0.4, 0.5) is 0 Å². The van der Waals surface area contributed by atoms with Gasteiger partial charge in [-0.15, -0.1) is 0 Å². The molecule has 13 heavy (non-hydrogen) atoms.